The number of nitrogens with zero attached hydrogens (tertiary/aromatic N) is 1. The largest absolute Gasteiger partial charge is 0.465 e. The third kappa shape index (κ3) is 3.31. The molecule has 0 N–H and O–H groups in total. The third-order valence-electron chi connectivity index (χ3n) is 6.42. The van der Waals surface area contributed by atoms with E-state index in [9.17, 15) is 4.79 Å². The summed E-state index contributed by atoms with van der Waals surface area (Å²) < 4.78 is 6.21. The summed E-state index contributed by atoms with van der Waals surface area (Å²) in [5.74, 6) is 1.40. The summed E-state index contributed by atoms with van der Waals surface area (Å²) >= 11 is 2.47. The van der Waals surface area contributed by atoms with Gasteiger partial charge in [-0.15, -0.1) is 0 Å². The van der Waals surface area contributed by atoms with Crippen molar-refractivity contribution in [3.05, 3.63) is 67.8 Å². The van der Waals surface area contributed by atoms with Crippen LogP contribution in [-0.2, 0) is 4.74 Å². The van der Waals surface area contributed by atoms with E-state index in [-0.39, 0.29) is 5.97 Å². The zero-order chi connectivity index (χ0) is 19.1. The highest BCUT2D eigenvalue weighted by Crippen LogP contribution is 2.53. The van der Waals surface area contributed by atoms with Crippen molar-refractivity contribution >= 4 is 28.6 Å². The molecule has 2 aromatic rings. The first-order valence-electron chi connectivity index (χ1n) is 9.74. The maximum absolute atomic E-state index is 11.8. The lowest BCUT2D eigenvalue weighted by Gasteiger charge is -2.37. The Hall–Kier alpha value is -1.40. The van der Waals surface area contributed by atoms with E-state index in [0.717, 1.165) is 13.1 Å². The van der Waals surface area contributed by atoms with Crippen LogP contribution in [0.25, 0.3) is 0 Å². The summed E-state index contributed by atoms with van der Waals surface area (Å²) in [6, 6.07) is 12.9. The van der Waals surface area contributed by atoms with Gasteiger partial charge in [0.25, 0.3) is 0 Å². The van der Waals surface area contributed by atoms with E-state index in [4.69, 9.17) is 4.74 Å². The van der Waals surface area contributed by atoms with E-state index in [1.165, 1.54) is 45.9 Å². The predicted octanol–water partition coefficient (Wildman–Crippen LogP) is 4.96. The van der Waals surface area contributed by atoms with E-state index >= 15 is 0 Å². The van der Waals surface area contributed by atoms with Crippen molar-refractivity contribution in [2.24, 2.45) is 5.92 Å². The van der Waals surface area contributed by atoms with Gasteiger partial charge in [-0.1, -0.05) is 25.1 Å². The number of rotatable bonds is 3. The molecule has 3 nitrogen and oxygen atoms in total. The molecule has 1 heterocycles. The van der Waals surface area contributed by atoms with Gasteiger partial charge >= 0.3 is 5.97 Å². The monoisotopic (exact) mass is 475 g/mol. The lowest BCUT2D eigenvalue weighted by atomic mass is 9.78. The number of hydrogen-bond acceptors (Lipinski definition) is 3. The van der Waals surface area contributed by atoms with Crippen LogP contribution >= 0.6 is 22.6 Å². The Labute approximate surface area is 175 Å². The molecular formula is C23H26INO2. The first-order valence-corrected chi connectivity index (χ1v) is 10.8. The van der Waals surface area contributed by atoms with Gasteiger partial charge in [-0.3, -0.25) is 0 Å². The minimum Gasteiger partial charge on any atom is -0.465 e. The molecule has 27 heavy (non-hydrogen) atoms. The first-order chi connectivity index (χ1) is 13.0. The van der Waals surface area contributed by atoms with Crippen LogP contribution in [0.4, 0.5) is 0 Å². The SMILES string of the molecule is CCN1CC[C@H]2[C@H](c3ccc(C(=O)OC)cc3)c3cc(C)c(I)cc3[C@H]2C1. The summed E-state index contributed by atoms with van der Waals surface area (Å²) in [5, 5.41) is 0. The number of aryl methyl sites for hydroxylation is 1. The third-order valence-corrected chi connectivity index (χ3v) is 7.58. The highest BCUT2D eigenvalue weighted by atomic mass is 127. The average Bonchev–Trinajstić information content (AvgIpc) is 3.00. The lowest BCUT2D eigenvalue weighted by molar-refractivity contribution is 0.0600. The van der Waals surface area contributed by atoms with Crippen LogP contribution < -0.4 is 0 Å². The number of likely N-dealkylation sites (tertiary alicyclic amines) is 1. The maximum atomic E-state index is 11.8. The molecule has 0 amide bonds. The van der Waals surface area contributed by atoms with Crippen LogP contribution in [0.3, 0.4) is 0 Å². The van der Waals surface area contributed by atoms with E-state index < -0.39 is 0 Å². The number of carbonyl (C=O) groups is 1. The summed E-state index contributed by atoms with van der Waals surface area (Å²) in [4.78, 5) is 14.4. The standard InChI is InChI=1S/C23H26INO2/c1-4-25-10-9-17-20(13-25)18-12-21(24)14(2)11-19(18)22(17)15-5-7-16(8-6-15)23(26)27-3/h5-8,11-12,17,20,22H,4,9-10,13H2,1-3H3/t17-,20+,22+/m1/s1. The fourth-order valence-electron chi connectivity index (χ4n) is 4.96. The molecule has 2 aliphatic rings. The van der Waals surface area contributed by atoms with Crippen molar-refractivity contribution in [1.82, 2.24) is 4.90 Å². The van der Waals surface area contributed by atoms with E-state index in [1.807, 2.05) is 12.1 Å². The van der Waals surface area contributed by atoms with Gasteiger partial charge in [0.15, 0.2) is 0 Å². The van der Waals surface area contributed by atoms with Gasteiger partial charge < -0.3 is 9.64 Å². The number of fused-ring (bicyclic) bond motifs is 3. The number of piperidine rings is 1. The predicted molar refractivity (Wildman–Crippen MR) is 116 cm³/mol. The molecule has 1 aliphatic heterocycles. The van der Waals surface area contributed by atoms with Crippen molar-refractivity contribution in [2.45, 2.75) is 32.1 Å². The first kappa shape index (κ1) is 18.9. The number of likely N-dealkylation sites (N-methyl/N-ethyl adjacent to an activating group) is 1. The molecule has 3 atom stereocenters. The van der Waals surface area contributed by atoms with Crippen molar-refractivity contribution in [1.29, 1.82) is 0 Å². The zero-order valence-electron chi connectivity index (χ0n) is 16.2. The fourth-order valence-corrected chi connectivity index (χ4v) is 5.46. The molecule has 142 valence electrons. The van der Waals surface area contributed by atoms with Gasteiger partial charge in [0, 0.05) is 22.0 Å². The van der Waals surface area contributed by atoms with Crippen molar-refractivity contribution in [3.63, 3.8) is 0 Å². The summed E-state index contributed by atoms with van der Waals surface area (Å²) in [6.07, 6.45) is 1.23. The topological polar surface area (TPSA) is 29.5 Å². The minimum atomic E-state index is -0.270. The number of halogens is 1. The van der Waals surface area contributed by atoms with E-state index in [2.05, 4.69) is 65.6 Å². The molecular weight excluding hydrogens is 449 g/mol. The number of methoxy groups -OCH3 is 1. The van der Waals surface area contributed by atoms with E-state index in [0.29, 0.717) is 23.3 Å². The molecule has 1 saturated heterocycles. The second-order valence-electron chi connectivity index (χ2n) is 7.77. The van der Waals surface area contributed by atoms with Crippen molar-refractivity contribution in [2.75, 3.05) is 26.7 Å². The van der Waals surface area contributed by atoms with Crippen LogP contribution in [0.5, 0.6) is 0 Å². The van der Waals surface area contributed by atoms with Gasteiger partial charge in [0.2, 0.25) is 0 Å². The molecule has 0 bridgehead atoms. The van der Waals surface area contributed by atoms with Crippen LogP contribution in [0.2, 0.25) is 0 Å². The molecule has 0 spiro atoms. The van der Waals surface area contributed by atoms with Gasteiger partial charge in [0.1, 0.15) is 0 Å². The zero-order valence-corrected chi connectivity index (χ0v) is 18.3. The smallest absolute Gasteiger partial charge is 0.337 e. The Morgan fingerprint density at radius 2 is 1.96 bits per heavy atom. The second-order valence-corrected chi connectivity index (χ2v) is 8.94. The molecule has 1 aliphatic carbocycles. The van der Waals surface area contributed by atoms with Crippen LogP contribution in [0, 0.1) is 16.4 Å². The fraction of sp³-hybridized carbons (Fsp3) is 0.435. The highest BCUT2D eigenvalue weighted by Gasteiger charge is 2.44. The van der Waals surface area contributed by atoms with Gasteiger partial charge in [-0.25, -0.2) is 4.79 Å². The number of esters is 1. The molecule has 0 saturated carbocycles. The van der Waals surface area contributed by atoms with Crippen molar-refractivity contribution < 1.29 is 9.53 Å². The van der Waals surface area contributed by atoms with Crippen molar-refractivity contribution in [3.8, 4) is 0 Å². The van der Waals surface area contributed by atoms with Crippen LogP contribution in [0.15, 0.2) is 36.4 Å². The quantitative estimate of drug-likeness (QED) is 0.465. The molecule has 0 aromatic heterocycles. The molecule has 4 rings (SSSR count). The Morgan fingerprint density at radius 3 is 2.63 bits per heavy atom. The maximum Gasteiger partial charge on any atom is 0.337 e. The summed E-state index contributed by atoms with van der Waals surface area (Å²) in [7, 11) is 1.43. The Morgan fingerprint density at radius 1 is 1.22 bits per heavy atom. The van der Waals surface area contributed by atoms with E-state index in [1.54, 1.807) is 0 Å². The van der Waals surface area contributed by atoms with Crippen LogP contribution in [0.1, 0.15) is 57.8 Å². The lowest BCUT2D eigenvalue weighted by Crippen LogP contribution is -2.38. The molecule has 1 fully saturated rings. The number of benzene rings is 2. The Kier molecular flexibility index (Phi) is 5.30. The summed E-state index contributed by atoms with van der Waals surface area (Å²) in [6.45, 7) is 7.93. The molecule has 0 unspecified atom stereocenters. The van der Waals surface area contributed by atoms with Gasteiger partial charge in [0.05, 0.1) is 12.7 Å². The van der Waals surface area contributed by atoms with Crippen LogP contribution in [-0.4, -0.2) is 37.6 Å². The normalized spacial score (nSPS) is 24.4. The Balaban J connectivity index is 1.76. The van der Waals surface area contributed by atoms with Gasteiger partial charge in [-0.2, -0.15) is 0 Å². The minimum absolute atomic E-state index is 0.270. The highest BCUT2D eigenvalue weighted by molar-refractivity contribution is 14.1. The second kappa shape index (κ2) is 7.55. The number of carbonyl (C=O) groups excluding carboxylic acids is 1. The molecule has 0 radical (unpaired) electrons. The average molecular weight is 475 g/mol. The van der Waals surface area contributed by atoms with Gasteiger partial charge in [-0.05, 0) is 95.4 Å². The number of ether oxygens (including phenoxy) is 1. The molecule has 2 aromatic carbocycles. The molecule has 4 heteroatoms. The summed E-state index contributed by atoms with van der Waals surface area (Å²) in [5.41, 5.74) is 6.33. The Bertz CT molecular complexity index is 861. The number of hydrogen-bond donors (Lipinski definition) is 0.